The van der Waals surface area contributed by atoms with Gasteiger partial charge in [-0.3, -0.25) is 14.5 Å². The zero-order chi connectivity index (χ0) is 56.8. The molecule has 1 saturated carbocycles. The molecule has 9 heterocycles. The number of pyridine rings is 1. The summed E-state index contributed by atoms with van der Waals surface area (Å²) < 4.78 is 35.5. The maximum absolute atomic E-state index is 16.6. The second-order valence-electron chi connectivity index (χ2n) is 24.0. The van der Waals surface area contributed by atoms with E-state index < -0.39 is 23.7 Å². The lowest BCUT2D eigenvalue weighted by molar-refractivity contribution is -0.141. The number of para-hydroxylation sites is 1. The third kappa shape index (κ3) is 11.7. The molecule has 1 aliphatic carbocycles. The molecule has 0 radical (unpaired) electrons. The Kier molecular flexibility index (Phi) is 15.8. The van der Waals surface area contributed by atoms with Gasteiger partial charge in [-0.15, -0.1) is 21.5 Å². The number of halogens is 1. The third-order valence-electron chi connectivity index (χ3n) is 18.0. The van der Waals surface area contributed by atoms with Gasteiger partial charge in [0.2, 0.25) is 17.7 Å². The Labute approximate surface area is 482 Å². The maximum atomic E-state index is 16.6. The van der Waals surface area contributed by atoms with Crippen LogP contribution in [0.2, 0.25) is 0 Å². The first-order valence-corrected chi connectivity index (χ1v) is 30.1. The molecule has 434 valence electrons. The third-order valence-corrected chi connectivity index (χ3v) is 18.9. The summed E-state index contributed by atoms with van der Waals surface area (Å²) in [4.78, 5) is 48.9. The van der Waals surface area contributed by atoms with E-state index in [1.165, 1.54) is 4.90 Å². The van der Waals surface area contributed by atoms with Crippen molar-refractivity contribution in [3.05, 3.63) is 102 Å². The number of aromatic hydroxyl groups is 1. The molecule has 5 aliphatic heterocycles. The molecule has 0 spiro atoms. The minimum absolute atomic E-state index is 0.0319. The fourth-order valence-corrected chi connectivity index (χ4v) is 14.2. The van der Waals surface area contributed by atoms with Crippen molar-refractivity contribution < 1.29 is 38.2 Å². The lowest BCUT2D eigenvalue weighted by Crippen LogP contribution is -2.54. The number of phenolic OH excluding ortho intramolecular Hbond substituents is 1. The lowest BCUT2D eigenvalue weighted by atomic mass is 9.90. The van der Waals surface area contributed by atoms with Gasteiger partial charge in [-0.25, -0.2) is 14.4 Å². The Bertz CT molecular complexity index is 3200. The van der Waals surface area contributed by atoms with Crippen LogP contribution in [0.1, 0.15) is 108 Å². The number of piperidine rings is 2. The Morgan fingerprint density at radius 2 is 1.62 bits per heavy atom. The number of likely N-dealkylation sites (tertiary alicyclic amines) is 2. The first kappa shape index (κ1) is 55.6. The van der Waals surface area contributed by atoms with Gasteiger partial charge in [-0.05, 0) is 80.8 Å². The minimum Gasteiger partial charge on any atom is -0.507 e. The number of nitrogens with one attached hydrogen (secondary N) is 1. The molecule has 82 heavy (non-hydrogen) atoms. The Hall–Kier alpha value is -6.94. The number of aromatic nitrogens is 5. The van der Waals surface area contributed by atoms with E-state index in [4.69, 9.17) is 19.7 Å². The summed E-state index contributed by atoms with van der Waals surface area (Å²) in [5, 5.41) is 37.3. The number of piperazine rings is 1. The quantitative estimate of drug-likeness (QED) is 0.0677. The SMILES string of the molecule is Cc1ncsc1-c1ccc([C@H](C)NC(=O)[C@@H]2C[C@@H](O)CN2C(=O)[C@@H](c2cc(N3CCC(F)(CN4CCC(O[C@H]5C[C@H](Oc6cc(N7C8CCC7CN(c7cc(-c9ccccc9O)nnc7N)C8)ccn6)C5)CC4)CC3)no2)C(C)C)cc1. The summed E-state index contributed by atoms with van der Waals surface area (Å²) in [6, 6.07) is 22.4. The smallest absolute Gasteiger partial charge is 0.243 e. The number of carbonyl (C=O) groups excluding carboxylic acids is 2. The predicted octanol–water partition coefficient (Wildman–Crippen LogP) is 8.08. The average molecular weight is 1140 g/mol. The number of fused-ring (bicyclic) bond motifs is 2. The molecule has 2 bridgehead atoms. The van der Waals surface area contributed by atoms with Gasteiger partial charge in [-0.2, -0.15) is 0 Å². The molecule has 2 amide bonds. The second-order valence-corrected chi connectivity index (χ2v) is 24.8. The fourth-order valence-electron chi connectivity index (χ4n) is 13.4. The number of β-amino-alcohol motifs (C(OH)–C–C–N with tert-alkyl or cyclic N) is 1. The number of alkyl halides is 1. The number of rotatable bonds is 17. The normalized spacial score (nSPS) is 24.6. The lowest BCUT2D eigenvalue weighted by Gasteiger charge is -2.44. The largest absolute Gasteiger partial charge is 0.507 e. The van der Waals surface area contributed by atoms with Gasteiger partial charge in [0.05, 0.1) is 51.8 Å². The topological polar surface area (TPSA) is 225 Å². The monoisotopic (exact) mass is 1140 g/mol. The molecular weight excluding hydrogens is 1060 g/mol. The molecule has 12 rings (SSSR count). The van der Waals surface area contributed by atoms with E-state index in [9.17, 15) is 19.8 Å². The van der Waals surface area contributed by atoms with Crippen LogP contribution in [-0.4, -0.2) is 158 Å². The van der Waals surface area contributed by atoms with Crippen LogP contribution in [0.5, 0.6) is 11.6 Å². The first-order valence-electron chi connectivity index (χ1n) is 29.3. The van der Waals surface area contributed by atoms with E-state index in [1.807, 2.05) is 86.8 Å². The number of nitrogens with two attached hydrogens (primary N) is 1. The van der Waals surface area contributed by atoms with Crippen LogP contribution >= 0.6 is 11.3 Å². The molecule has 6 aromatic rings. The van der Waals surface area contributed by atoms with Crippen LogP contribution in [0.15, 0.2) is 89.0 Å². The van der Waals surface area contributed by atoms with E-state index >= 15 is 4.39 Å². The van der Waals surface area contributed by atoms with Crippen LogP contribution in [0.25, 0.3) is 21.7 Å². The van der Waals surface area contributed by atoms with Gasteiger partial charge in [0, 0.05) is 126 Å². The summed E-state index contributed by atoms with van der Waals surface area (Å²) in [7, 11) is 0. The number of benzene rings is 2. The Morgan fingerprint density at radius 1 is 0.878 bits per heavy atom. The number of carbonyl (C=O) groups is 2. The molecule has 6 fully saturated rings. The summed E-state index contributed by atoms with van der Waals surface area (Å²) in [5.41, 5.74) is 13.0. The molecule has 2 aromatic carbocycles. The van der Waals surface area contributed by atoms with Gasteiger partial charge in [0.25, 0.3) is 0 Å². The van der Waals surface area contributed by atoms with Gasteiger partial charge < -0.3 is 54.9 Å². The van der Waals surface area contributed by atoms with Crippen molar-refractivity contribution in [2.45, 2.75) is 146 Å². The highest BCUT2D eigenvalue weighted by atomic mass is 32.1. The number of anilines is 4. The van der Waals surface area contributed by atoms with Crippen molar-refractivity contribution in [3.63, 3.8) is 0 Å². The zero-order valence-electron chi connectivity index (χ0n) is 47.1. The van der Waals surface area contributed by atoms with Crippen molar-refractivity contribution in [1.29, 1.82) is 0 Å². The van der Waals surface area contributed by atoms with Gasteiger partial charge in [0.15, 0.2) is 17.4 Å². The number of nitrogens with zero attached hydrogens (tertiary/aromatic N) is 10. The molecule has 2 unspecified atom stereocenters. The highest BCUT2D eigenvalue weighted by Gasteiger charge is 2.46. The van der Waals surface area contributed by atoms with Crippen molar-refractivity contribution >= 4 is 46.2 Å². The molecular formula is C61H75FN12O7S. The summed E-state index contributed by atoms with van der Waals surface area (Å²) >= 11 is 1.59. The second kappa shape index (κ2) is 23.4. The van der Waals surface area contributed by atoms with Gasteiger partial charge in [0.1, 0.15) is 29.5 Å². The first-order chi connectivity index (χ1) is 39.6. The van der Waals surface area contributed by atoms with Crippen LogP contribution in [0, 0.1) is 12.8 Å². The standard InChI is InChI=1S/C61H75FN12O7S/c1-36(2)56(60(78)73-33-44(75)26-51(73)59(77)66-37(3)39-9-11-40(12-10-39)57-38(4)65-35-82-57)53-30-54(69-81-53)71-23-18-61(62,19-24-71)34-70-21-16-45(17-22-70)79-46-27-47(28-46)80-55-25-41(15-20-64-55)74-42-13-14-43(74)32-72(31-42)50-29-49(67-68-58(50)63)48-7-5-6-8-52(48)76/h5-12,15,20,25,29-30,35-37,42-47,51,56,75-76H,13-14,16-19,21-24,26-28,31-34H2,1-4H3,(H2,63,68)(H,66,77)/t37-,42?,43?,44+,46-,47-,51-,56+/m0/s1. The highest BCUT2D eigenvalue weighted by Crippen LogP contribution is 2.42. The number of phenols is 1. The minimum atomic E-state index is -1.34. The number of thiazole rings is 1. The summed E-state index contributed by atoms with van der Waals surface area (Å²) in [5.74, 6) is 0.556. The number of ether oxygens (including phenoxy) is 2. The Balaban J connectivity index is 0.572. The van der Waals surface area contributed by atoms with Crippen molar-refractivity contribution in [1.82, 2.24) is 40.4 Å². The van der Waals surface area contributed by atoms with E-state index in [0.717, 1.165) is 97.8 Å². The van der Waals surface area contributed by atoms with E-state index in [2.05, 4.69) is 57.5 Å². The molecule has 6 atom stereocenters. The predicted molar refractivity (Wildman–Crippen MR) is 312 cm³/mol. The number of hydrogen-bond acceptors (Lipinski definition) is 18. The number of aliphatic hydroxyl groups is 1. The molecule has 21 heteroatoms. The fraction of sp³-hybridized carbons (Fsp3) is 0.525. The number of aliphatic hydroxyl groups excluding tert-OH is 1. The van der Waals surface area contributed by atoms with Crippen LogP contribution in [0.3, 0.4) is 0 Å². The van der Waals surface area contributed by atoms with E-state index in [1.54, 1.807) is 29.5 Å². The molecule has 4 aromatic heterocycles. The van der Waals surface area contributed by atoms with Crippen LogP contribution in [0.4, 0.5) is 27.4 Å². The summed E-state index contributed by atoms with van der Waals surface area (Å²) in [6.07, 6.45) is 7.54. The van der Waals surface area contributed by atoms with E-state index in [0.29, 0.717) is 67.0 Å². The molecule has 19 nitrogen and oxygen atoms in total. The number of hydrogen-bond donors (Lipinski definition) is 4. The van der Waals surface area contributed by atoms with E-state index in [-0.39, 0.29) is 72.9 Å². The van der Waals surface area contributed by atoms with Gasteiger partial charge in [-0.1, -0.05) is 55.4 Å². The number of aryl methyl sites for hydroxylation is 1. The molecule has 6 aliphatic rings. The van der Waals surface area contributed by atoms with Gasteiger partial charge >= 0.3 is 0 Å². The Morgan fingerprint density at radius 3 is 2.33 bits per heavy atom. The zero-order valence-corrected chi connectivity index (χ0v) is 48.0. The summed E-state index contributed by atoms with van der Waals surface area (Å²) in [6.45, 7) is 12.2. The average Bonchev–Trinajstić information content (AvgIpc) is 4.17. The van der Waals surface area contributed by atoms with Crippen molar-refractivity contribution in [3.8, 4) is 33.3 Å². The van der Waals surface area contributed by atoms with Crippen molar-refractivity contribution in [2.24, 2.45) is 5.92 Å². The highest BCUT2D eigenvalue weighted by molar-refractivity contribution is 7.13. The maximum Gasteiger partial charge on any atom is 0.243 e. The molecule has 5 saturated heterocycles. The number of nitrogen functional groups attached to an aromatic ring is 1. The van der Waals surface area contributed by atoms with Crippen LogP contribution in [-0.2, 0) is 14.3 Å². The van der Waals surface area contributed by atoms with Crippen LogP contribution < -0.4 is 30.5 Å². The molecule has 5 N–H and O–H groups in total. The number of amides is 2. The van der Waals surface area contributed by atoms with Crippen molar-refractivity contribution in [2.75, 3.05) is 72.8 Å².